The molecule has 0 bridgehead atoms. The number of thiazole rings is 1. The molecule has 0 spiro atoms. The van der Waals surface area contributed by atoms with E-state index >= 15 is 0 Å². The molecule has 5 heteroatoms. The molecule has 0 radical (unpaired) electrons. The molecule has 16 heavy (non-hydrogen) atoms. The van der Waals surface area contributed by atoms with E-state index in [4.69, 9.17) is 0 Å². The standard InChI is InChI=1S/C11H6BrFN2S/c12-10-6-15-5-9(14-11(15)16-10)7-1-3-8(13)4-2-7/h1-6H. The fraction of sp³-hybridized carbons (Fsp3) is 0. The fourth-order valence-corrected chi connectivity index (χ4v) is 2.88. The van der Waals surface area contributed by atoms with Crippen LogP contribution in [0.2, 0.25) is 0 Å². The summed E-state index contributed by atoms with van der Waals surface area (Å²) < 4.78 is 15.8. The zero-order valence-electron chi connectivity index (χ0n) is 8.02. The van der Waals surface area contributed by atoms with Gasteiger partial charge in [0, 0.05) is 18.0 Å². The first-order valence-electron chi connectivity index (χ1n) is 4.62. The van der Waals surface area contributed by atoms with Gasteiger partial charge in [-0.25, -0.2) is 9.37 Å². The van der Waals surface area contributed by atoms with Gasteiger partial charge in [-0.2, -0.15) is 0 Å². The number of imidazole rings is 1. The molecule has 0 unspecified atom stereocenters. The highest BCUT2D eigenvalue weighted by Crippen LogP contribution is 2.26. The number of nitrogens with zero attached hydrogens (tertiary/aromatic N) is 2. The van der Waals surface area contributed by atoms with Gasteiger partial charge in [-0.3, -0.25) is 4.40 Å². The van der Waals surface area contributed by atoms with Crippen LogP contribution in [0, 0.1) is 5.82 Å². The average molecular weight is 297 g/mol. The van der Waals surface area contributed by atoms with Gasteiger partial charge >= 0.3 is 0 Å². The van der Waals surface area contributed by atoms with Crippen LogP contribution in [0.5, 0.6) is 0 Å². The van der Waals surface area contributed by atoms with Crippen molar-refractivity contribution in [2.24, 2.45) is 0 Å². The van der Waals surface area contributed by atoms with Gasteiger partial charge in [-0.15, -0.1) is 0 Å². The Morgan fingerprint density at radius 2 is 1.94 bits per heavy atom. The van der Waals surface area contributed by atoms with Gasteiger partial charge in [0.2, 0.25) is 0 Å². The first-order chi connectivity index (χ1) is 7.72. The van der Waals surface area contributed by atoms with Crippen molar-refractivity contribution in [3.05, 3.63) is 46.3 Å². The minimum Gasteiger partial charge on any atom is -0.296 e. The molecule has 3 aromatic rings. The van der Waals surface area contributed by atoms with Crippen molar-refractivity contribution in [1.82, 2.24) is 9.38 Å². The van der Waals surface area contributed by atoms with E-state index in [9.17, 15) is 4.39 Å². The Morgan fingerprint density at radius 3 is 2.62 bits per heavy atom. The molecular formula is C11H6BrFN2S. The third kappa shape index (κ3) is 1.66. The monoisotopic (exact) mass is 296 g/mol. The van der Waals surface area contributed by atoms with Gasteiger partial charge in [0.15, 0.2) is 4.96 Å². The summed E-state index contributed by atoms with van der Waals surface area (Å²) >= 11 is 4.97. The molecule has 80 valence electrons. The van der Waals surface area contributed by atoms with Gasteiger partial charge in [0.25, 0.3) is 0 Å². The summed E-state index contributed by atoms with van der Waals surface area (Å²) in [6.45, 7) is 0. The molecule has 1 aromatic carbocycles. The van der Waals surface area contributed by atoms with Crippen LogP contribution in [0.3, 0.4) is 0 Å². The summed E-state index contributed by atoms with van der Waals surface area (Å²) in [4.78, 5) is 5.38. The first-order valence-corrected chi connectivity index (χ1v) is 6.23. The van der Waals surface area contributed by atoms with Crippen molar-refractivity contribution >= 4 is 32.2 Å². The molecule has 0 amide bonds. The Hall–Kier alpha value is -1.20. The van der Waals surface area contributed by atoms with Crippen molar-refractivity contribution in [1.29, 1.82) is 0 Å². The van der Waals surface area contributed by atoms with E-state index in [2.05, 4.69) is 20.9 Å². The Morgan fingerprint density at radius 1 is 1.19 bits per heavy atom. The van der Waals surface area contributed by atoms with Crippen molar-refractivity contribution in [3.63, 3.8) is 0 Å². The lowest BCUT2D eigenvalue weighted by Gasteiger charge is -1.94. The summed E-state index contributed by atoms with van der Waals surface area (Å²) in [6, 6.07) is 6.35. The van der Waals surface area contributed by atoms with Crippen LogP contribution in [0.25, 0.3) is 16.2 Å². The minimum atomic E-state index is -0.229. The highest BCUT2D eigenvalue weighted by molar-refractivity contribution is 9.11. The molecule has 0 fully saturated rings. The molecule has 0 aliphatic heterocycles. The summed E-state index contributed by atoms with van der Waals surface area (Å²) in [7, 11) is 0. The van der Waals surface area contributed by atoms with Crippen molar-refractivity contribution in [2.45, 2.75) is 0 Å². The number of aromatic nitrogens is 2. The summed E-state index contributed by atoms with van der Waals surface area (Å²) in [6.07, 6.45) is 3.89. The van der Waals surface area contributed by atoms with Crippen LogP contribution >= 0.6 is 27.3 Å². The molecule has 0 saturated heterocycles. The van der Waals surface area contributed by atoms with E-state index in [0.717, 1.165) is 20.0 Å². The van der Waals surface area contributed by atoms with Crippen LogP contribution in [-0.4, -0.2) is 9.38 Å². The lowest BCUT2D eigenvalue weighted by Crippen LogP contribution is -1.78. The van der Waals surface area contributed by atoms with Gasteiger partial charge < -0.3 is 0 Å². The highest BCUT2D eigenvalue weighted by atomic mass is 79.9. The number of fused-ring (bicyclic) bond motifs is 1. The van der Waals surface area contributed by atoms with Gasteiger partial charge in [0.1, 0.15) is 5.82 Å². The Kier molecular flexibility index (Phi) is 2.29. The van der Waals surface area contributed by atoms with E-state index in [-0.39, 0.29) is 5.82 Å². The van der Waals surface area contributed by atoms with Gasteiger partial charge in [-0.05, 0) is 40.2 Å². The third-order valence-corrected chi connectivity index (χ3v) is 3.74. The van der Waals surface area contributed by atoms with Crippen LogP contribution in [0.1, 0.15) is 0 Å². The Labute approximate surface area is 103 Å². The van der Waals surface area contributed by atoms with Gasteiger partial charge in [0.05, 0.1) is 9.48 Å². The SMILES string of the molecule is Fc1ccc(-c2cn3cc(Br)sc3n2)cc1. The fourth-order valence-electron chi connectivity index (χ4n) is 1.53. The molecule has 0 aliphatic carbocycles. The van der Waals surface area contributed by atoms with E-state index in [0.29, 0.717) is 0 Å². The lowest BCUT2D eigenvalue weighted by atomic mass is 10.2. The second-order valence-corrected chi connectivity index (χ2v) is 5.75. The van der Waals surface area contributed by atoms with Crippen molar-refractivity contribution in [2.75, 3.05) is 0 Å². The minimum absolute atomic E-state index is 0.229. The maximum atomic E-state index is 12.8. The first kappa shape index (κ1) is 9.99. The van der Waals surface area contributed by atoms with Crippen molar-refractivity contribution < 1.29 is 4.39 Å². The van der Waals surface area contributed by atoms with E-state index in [1.54, 1.807) is 23.5 Å². The topological polar surface area (TPSA) is 17.3 Å². The molecule has 2 aromatic heterocycles. The number of halogens is 2. The summed E-state index contributed by atoms with van der Waals surface area (Å²) in [5.41, 5.74) is 1.78. The second-order valence-electron chi connectivity index (χ2n) is 3.36. The van der Waals surface area contributed by atoms with Crippen LogP contribution in [-0.2, 0) is 0 Å². The molecule has 0 aliphatic rings. The Balaban J connectivity index is 2.11. The van der Waals surface area contributed by atoms with Crippen LogP contribution in [0.15, 0.2) is 40.4 Å². The lowest BCUT2D eigenvalue weighted by molar-refractivity contribution is 0.628. The summed E-state index contributed by atoms with van der Waals surface area (Å²) in [5, 5.41) is 0. The number of hydrogen-bond acceptors (Lipinski definition) is 2. The maximum Gasteiger partial charge on any atom is 0.195 e. The van der Waals surface area contributed by atoms with E-state index in [1.807, 2.05) is 16.8 Å². The molecular weight excluding hydrogens is 291 g/mol. The quantitative estimate of drug-likeness (QED) is 0.664. The average Bonchev–Trinajstić information content (AvgIpc) is 2.75. The molecule has 0 saturated carbocycles. The second kappa shape index (κ2) is 3.68. The Bertz CT molecular complexity index is 610. The predicted molar refractivity (Wildman–Crippen MR) is 66.2 cm³/mol. The van der Waals surface area contributed by atoms with E-state index < -0.39 is 0 Å². The van der Waals surface area contributed by atoms with E-state index in [1.165, 1.54) is 12.1 Å². The maximum absolute atomic E-state index is 12.8. The third-order valence-electron chi connectivity index (χ3n) is 2.27. The zero-order valence-corrected chi connectivity index (χ0v) is 10.4. The molecule has 0 atom stereocenters. The zero-order chi connectivity index (χ0) is 11.1. The summed E-state index contributed by atoms with van der Waals surface area (Å²) in [5.74, 6) is -0.229. The normalized spacial score (nSPS) is 11.1. The number of hydrogen-bond donors (Lipinski definition) is 0. The van der Waals surface area contributed by atoms with Crippen molar-refractivity contribution in [3.8, 4) is 11.3 Å². The van der Waals surface area contributed by atoms with Crippen LogP contribution in [0.4, 0.5) is 4.39 Å². The number of rotatable bonds is 1. The van der Waals surface area contributed by atoms with Crippen LogP contribution < -0.4 is 0 Å². The smallest absolute Gasteiger partial charge is 0.195 e. The largest absolute Gasteiger partial charge is 0.296 e. The molecule has 0 N–H and O–H groups in total. The molecule has 2 heterocycles. The van der Waals surface area contributed by atoms with Gasteiger partial charge in [-0.1, -0.05) is 11.3 Å². The highest BCUT2D eigenvalue weighted by Gasteiger charge is 2.06. The number of benzene rings is 1. The molecule has 2 nitrogen and oxygen atoms in total. The predicted octanol–water partition coefficient (Wildman–Crippen LogP) is 3.96. The molecule has 3 rings (SSSR count).